The summed E-state index contributed by atoms with van der Waals surface area (Å²) in [5.74, 6) is 0.886. The Kier molecular flexibility index (Phi) is 3.66. The number of benzene rings is 1. The van der Waals surface area contributed by atoms with E-state index >= 15 is 0 Å². The second-order valence-corrected chi connectivity index (χ2v) is 4.81. The summed E-state index contributed by atoms with van der Waals surface area (Å²) in [5, 5.41) is 4.96. The van der Waals surface area contributed by atoms with Crippen molar-refractivity contribution in [2.45, 2.75) is 13.3 Å². The van der Waals surface area contributed by atoms with Gasteiger partial charge in [0.1, 0.15) is 5.82 Å². The minimum absolute atomic E-state index is 0.729. The summed E-state index contributed by atoms with van der Waals surface area (Å²) in [7, 11) is 0. The summed E-state index contributed by atoms with van der Waals surface area (Å²) in [6.45, 7) is 3.05. The number of hydrogen-bond acceptors (Lipinski definition) is 2. The summed E-state index contributed by atoms with van der Waals surface area (Å²) in [4.78, 5) is 4.53. The third kappa shape index (κ3) is 2.30. The predicted octanol–water partition coefficient (Wildman–Crippen LogP) is 4.47. The Morgan fingerprint density at radius 2 is 2.12 bits per heavy atom. The van der Waals surface area contributed by atoms with Gasteiger partial charge < -0.3 is 5.32 Å². The zero-order valence-corrected chi connectivity index (χ0v) is 11.3. The number of pyridine rings is 1. The molecule has 4 heteroatoms. The number of anilines is 1. The Hall–Kier alpha value is -0.800. The van der Waals surface area contributed by atoms with Gasteiger partial charge in [0.15, 0.2) is 0 Å². The Morgan fingerprint density at radius 1 is 1.31 bits per heavy atom. The summed E-state index contributed by atoms with van der Waals surface area (Å²) < 4.78 is 0.965. The molecule has 0 amide bonds. The second kappa shape index (κ2) is 5.02. The smallest absolute Gasteiger partial charge is 0.126 e. The van der Waals surface area contributed by atoms with Crippen molar-refractivity contribution in [3.8, 4) is 0 Å². The third-order valence-electron chi connectivity index (χ3n) is 2.31. The number of nitrogens with one attached hydrogen (secondary N) is 1. The van der Waals surface area contributed by atoms with E-state index in [2.05, 4.69) is 33.2 Å². The van der Waals surface area contributed by atoms with Crippen molar-refractivity contribution in [3.63, 3.8) is 0 Å². The molecule has 16 heavy (non-hydrogen) atoms. The lowest BCUT2D eigenvalue weighted by Gasteiger charge is -2.07. The molecule has 1 aromatic carbocycles. The molecule has 1 heterocycles. The van der Waals surface area contributed by atoms with Gasteiger partial charge in [-0.05, 0) is 46.6 Å². The highest BCUT2D eigenvalue weighted by Crippen LogP contribution is 2.29. The Balaban J connectivity index is 2.48. The van der Waals surface area contributed by atoms with Gasteiger partial charge in [-0.25, -0.2) is 4.98 Å². The first-order valence-corrected chi connectivity index (χ1v) is 6.38. The van der Waals surface area contributed by atoms with E-state index in [1.807, 2.05) is 24.3 Å². The average Bonchev–Trinajstić information content (AvgIpc) is 2.31. The van der Waals surface area contributed by atoms with Crippen molar-refractivity contribution in [1.29, 1.82) is 0 Å². The van der Waals surface area contributed by atoms with Crippen molar-refractivity contribution < 1.29 is 0 Å². The van der Waals surface area contributed by atoms with E-state index in [1.54, 1.807) is 0 Å². The minimum Gasteiger partial charge on any atom is -0.370 e. The normalized spacial score (nSPS) is 10.7. The number of fused-ring (bicyclic) bond motifs is 1. The molecule has 0 saturated carbocycles. The molecular formula is C12H12BrClN2. The molecule has 0 atom stereocenters. The van der Waals surface area contributed by atoms with Crippen molar-refractivity contribution >= 4 is 44.3 Å². The fourth-order valence-electron chi connectivity index (χ4n) is 1.50. The maximum Gasteiger partial charge on any atom is 0.126 e. The molecule has 0 spiro atoms. The van der Waals surface area contributed by atoms with E-state index in [1.165, 1.54) is 0 Å². The lowest BCUT2D eigenvalue weighted by atomic mass is 10.2. The first-order chi connectivity index (χ1) is 7.72. The Labute approximate surface area is 108 Å². The zero-order valence-electron chi connectivity index (χ0n) is 8.93. The molecule has 0 aliphatic heterocycles. The zero-order chi connectivity index (χ0) is 11.5. The predicted molar refractivity (Wildman–Crippen MR) is 73.2 cm³/mol. The van der Waals surface area contributed by atoms with E-state index in [-0.39, 0.29) is 0 Å². The summed E-state index contributed by atoms with van der Waals surface area (Å²) >= 11 is 9.59. The molecule has 0 radical (unpaired) electrons. The highest BCUT2D eigenvalue weighted by Gasteiger charge is 2.05. The molecular weight excluding hydrogens is 288 g/mol. The fraction of sp³-hybridized carbons (Fsp3) is 0.250. The molecule has 0 fully saturated rings. The van der Waals surface area contributed by atoms with Crippen LogP contribution in [0.5, 0.6) is 0 Å². The monoisotopic (exact) mass is 298 g/mol. The van der Waals surface area contributed by atoms with Crippen molar-refractivity contribution in [3.05, 3.63) is 33.8 Å². The molecule has 0 bridgehead atoms. The van der Waals surface area contributed by atoms with Gasteiger partial charge in [-0.1, -0.05) is 18.5 Å². The van der Waals surface area contributed by atoms with Gasteiger partial charge in [0, 0.05) is 16.4 Å². The standard InChI is InChI=1S/C12H12BrClN2/c1-2-7-15-11-6-3-8-10(14)5-4-9(13)12(8)16-11/h3-6H,2,7H2,1H3,(H,15,16). The lowest BCUT2D eigenvalue weighted by molar-refractivity contribution is 0.971. The second-order valence-electron chi connectivity index (χ2n) is 3.55. The Bertz CT molecular complexity index is 514. The molecule has 1 aromatic heterocycles. The van der Waals surface area contributed by atoms with Crippen LogP contribution >= 0.6 is 27.5 Å². The van der Waals surface area contributed by atoms with Gasteiger partial charge in [-0.15, -0.1) is 0 Å². The van der Waals surface area contributed by atoms with E-state index in [0.29, 0.717) is 0 Å². The van der Waals surface area contributed by atoms with Crippen LogP contribution in [0.25, 0.3) is 10.9 Å². The molecule has 0 aliphatic carbocycles. The molecule has 2 nitrogen and oxygen atoms in total. The molecule has 0 aliphatic rings. The average molecular weight is 300 g/mol. The number of nitrogens with zero attached hydrogens (tertiary/aromatic N) is 1. The van der Waals surface area contributed by atoms with Crippen LogP contribution in [0.15, 0.2) is 28.7 Å². The van der Waals surface area contributed by atoms with Gasteiger partial charge in [0.2, 0.25) is 0 Å². The summed E-state index contributed by atoms with van der Waals surface area (Å²) in [5.41, 5.74) is 0.897. The summed E-state index contributed by atoms with van der Waals surface area (Å²) in [6.07, 6.45) is 1.08. The molecule has 0 saturated heterocycles. The van der Waals surface area contributed by atoms with Crippen LogP contribution in [0.4, 0.5) is 5.82 Å². The summed E-state index contributed by atoms with van der Waals surface area (Å²) in [6, 6.07) is 7.74. The number of hydrogen-bond donors (Lipinski definition) is 1. The minimum atomic E-state index is 0.729. The van der Waals surface area contributed by atoms with Crippen LogP contribution in [-0.2, 0) is 0 Å². The van der Waals surface area contributed by atoms with Gasteiger partial charge in [-0.3, -0.25) is 0 Å². The molecule has 2 rings (SSSR count). The van der Waals surface area contributed by atoms with Crippen molar-refractivity contribution in [1.82, 2.24) is 4.98 Å². The van der Waals surface area contributed by atoms with E-state index < -0.39 is 0 Å². The first kappa shape index (κ1) is 11.7. The molecule has 1 N–H and O–H groups in total. The third-order valence-corrected chi connectivity index (χ3v) is 3.28. The lowest BCUT2D eigenvalue weighted by Crippen LogP contribution is -2.01. The highest BCUT2D eigenvalue weighted by atomic mass is 79.9. The Morgan fingerprint density at radius 3 is 2.88 bits per heavy atom. The van der Waals surface area contributed by atoms with Gasteiger partial charge in [0.25, 0.3) is 0 Å². The van der Waals surface area contributed by atoms with Crippen LogP contribution < -0.4 is 5.32 Å². The van der Waals surface area contributed by atoms with Crippen LogP contribution in [0.2, 0.25) is 5.02 Å². The number of rotatable bonds is 3. The van der Waals surface area contributed by atoms with Crippen LogP contribution in [-0.4, -0.2) is 11.5 Å². The van der Waals surface area contributed by atoms with Crippen molar-refractivity contribution in [2.24, 2.45) is 0 Å². The van der Waals surface area contributed by atoms with Crippen molar-refractivity contribution in [2.75, 3.05) is 11.9 Å². The van der Waals surface area contributed by atoms with Gasteiger partial charge >= 0.3 is 0 Å². The molecule has 0 unspecified atom stereocenters. The van der Waals surface area contributed by atoms with Gasteiger partial charge in [0.05, 0.1) is 10.5 Å². The van der Waals surface area contributed by atoms with Crippen LogP contribution in [0.1, 0.15) is 13.3 Å². The maximum atomic E-state index is 6.10. The fourth-order valence-corrected chi connectivity index (χ4v) is 2.15. The molecule has 84 valence electrons. The number of halogens is 2. The quantitative estimate of drug-likeness (QED) is 0.904. The van der Waals surface area contributed by atoms with Gasteiger partial charge in [-0.2, -0.15) is 0 Å². The topological polar surface area (TPSA) is 24.9 Å². The van der Waals surface area contributed by atoms with Crippen LogP contribution in [0.3, 0.4) is 0 Å². The van der Waals surface area contributed by atoms with Crippen LogP contribution in [0, 0.1) is 0 Å². The highest BCUT2D eigenvalue weighted by molar-refractivity contribution is 9.10. The SMILES string of the molecule is CCCNc1ccc2c(Cl)ccc(Br)c2n1. The van der Waals surface area contributed by atoms with E-state index in [9.17, 15) is 0 Å². The number of aromatic nitrogens is 1. The van der Waals surface area contributed by atoms with E-state index in [4.69, 9.17) is 11.6 Å². The molecule has 2 aromatic rings. The van der Waals surface area contributed by atoms with E-state index in [0.717, 1.165) is 39.2 Å². The maximum absolute atomic E-state index is 6.10. The first-order valence-electron chi connectivity index (χ1n) is 5.21. The largest absolute Gasteiger partial charge is 0.370 e.